The van der Waals surface area contributed by atoms with E-state index in [0.29, 0.717) is 36.8 Å². The van der Waals surface area contributed by atoms with E-state index in [0.717, 1.165) is 12.8 Å². The summed E-state index contributed by atoms with van der Waals surface area (Å²) in [6.07, 6.45) is 2.14. The summed E-state index contributed by atoms with van der Waals surface area (Å²) >= 11 is 5.73. The quantitative estimate of drug-likeness (QED) is 0.880. The minimum absolute atomic E-state index is 0.000972. The number of hydrogen-bond acceptors (Lipinski definition) is 5. The molecular weight excluding hydrogens is 268 g/mol. The molecule has 1 aromatic heterocycles. The Labute approximate surface area is 116 Å². The molecule has 1 saturated carbocycles. The molecule has 1 aliphatic heterocycles. The van der Waals surface area contributed by atoms with Gasteiger partial charge in [0, 0.05) is 12.6 Å². The van der Waals surface area contributed by atoms with Crippen LogP contribution in [0.15, 0.2) is 12.1 Å². The standard InChI is InChI=1S/C12H15ClN4O2/c13-10-3-4-11(16-15-10)17-5-6-19-7-9(17)12(18)14-8-1-2-8/h3-4,8-9H,1-2,5-7H2,(H,14,18). The van der Waals surface area contributed by atoms with Crippen LogP contribution < -0.4 is 10.2 Å². The first-order chi connectivity index (χ1) is 9.24. The van der Waals surface area contributed by atoms with Gasteiger partial charge in [0.15, 0.2) is 11.0 Å². The monoisotopic (exact) mass is 282 g/mol. The van der Waals surface area contributed by atoms with Crippen molar-refractivity contribution in [2.45, 2.75) is 24.9 Å². The summed E-state index contributed by atoms with van der Waals surface area (Å²) in [4.78, 5) is 14.1. The normalized spacial score (nSPS) is 23.2. The number of hydrogen-bond donors (Lipinski definition) is 1. The number of amides is 1. The zero-order valence-electron chi connectivity index (χ0n) is 10.4. The zero-order valence-corrected chi connectivity index (χ0v) is 11.1. The largest absolute Gasteiger partial charge is 0.377 e. The van der Waals surface area contributed by atoms with Crippen molar-refractivity contribution >= 4 is 23.3 Å². The predicted molar refractivity (Wildman–Crippen MR) is 70.2 cm³/mol. The Morgan fingerprint density at radius 2 is 2.26 bits per heavy atom. The van der Waals surface area contributed by atoms with E-state index in [1.165, 1.54) is 0 Å². The van der Waals surface area contributed by atoms with E-state index >= 15 is 0 Å². The Morgan fingerprint density at radius 3 is 2.95 bits per heavy atom. The minimum atomic E-state index is -0.343. The van der Waals surface area contributed by atoms with Crippen LogP contribution in [0.4, 0.5) is 5.82 Å². The Hall–Kier alpha value is -1.40. The van der Waals surface area contributed by atoms with Crippen molar-refractivity contribution in [2.75, 3.05) is 24.7 Å². The van der Waals surface area contributed by atoms with E-state index in [2.05, 4.69) is 15.5 Å². The molecule has 1 aliphatic carbocycles. The topological polar surface area (TPSA) is 67.3 Å². The number of anilines is 1. The second kappa shape index (κ2) is 5.30. The molecule has 102 valence electrons. The van der Waals surface area contributed by atoms with Crippen LogP contribution in [0.5, 0.6) is 0 Å². The molecule has 1 amide bonds. The summed E-state index contributed by atoms with van der Waals surface area (Å²) in [5, 5.41) is 11.2. The molecule has 1 N–H and O–H groups in total. The first-order valence-electron chi connectivity index (χ1n) is 6.38. The Kier molecular flexibility index (Phi) is 3.52. The summed E-state index contributed by atoms with van der Waals surface area (Å²) < 4.78 is 5.40. The van der Waals surface area contributed by atoms with E-state index in [1.807, 2.05) is 4.90 Å². The van der Waals surface area contributed by atoms with Gasteiger partial charge in [0.25, 0.3) is 0 Å². The second-order valence-electron chi connectivity index (χ2n) is 4.78. The maximum Gasteiger partial charge on any atom is 0.245 e. The molecule has 0 radical (unpaired) electrons. The molecule has 2 heterocycles. The van der Waals surface area contributed by atoms with E-state index in [4.69, 9.17) is 16.3 Å². The molecule has 19 heavy (non-hydrogen) atoms. The van der Waals surface area contributed by atoms with Gasteiger partial charge in [-0.15, -0.1) is 10.2 Å². The van der Waals surface area contributed by atoms with Gasteiger partial charge in [0.1, 0.15) is 6.04 Å². The molecule has 2 fully saturated rings. The van der Waals surface area contributed by atoms with Gasteiger partial charge in [0.2, 0.25) is 5.91 Å². The highest BCUT2D eigenvalue weighted by Gasteiger charge is 2.33. The molecule has 1 atom stereocenters. The summed E-state index contributed by atoms with van der Waals surface area (Å²) in [7, 11) is 0. The number of halogens is 1. The van der Waals surface area contributed by atoms with Gasteiger partial charge in [-0.2, -0.15) is 0 Å². The fourth-order valence-corrected chi connectivity index (χ4v) is 2.18. The van der Waals surface area contributed by atoms with Gasteiger partial charge in [-0.25, -0.2) is 0 Å². The highest BCUT2D eigenvalue weighted by molar-refractivity contribution is 6.29. The highest BCUT2D eigenvalue weighted by atomic mass is 35.5. The third-order valence-electron chi connectivity index (χ3n) is 3.27. The average molecular weight is 283 g/mol. The molecule has 0 aromatic carbocycles. The summed E-state index contributed by atoms with van der Waals surface area (Å²) in [6.45, 7) is 1.58. The Morgan fingerprint density at radius 1 is 1.42 bits per heavy atom. The average Bonchev–Trinajstić information content (AvgIpc) is 3.23. The maximum atomic E-state index is 12.2. The zero-order chi connectivity index (χ0) is 13.2. The van der Waals surface area contributed by atoms with Crippen LogP contribution in [-0.2, 0) is 9.53 Å². The summed E-state index contributed by atoms with van der Waals surface area (Å²) in [5.41, 5.74) is 0. The van der Waals surface area contributed by atoms with Gasteiger partial charge in [-0.1, -0.05) is 11.6 Å². The van der Waals surface area contributed by atoms with Crippen LogP contribution in [0.25, 0.3) is 0 Å². The number of rotatable bonds is 3. The lowest BCUT2D eigenvalue weighted by atomic mass is 10.2. The first kappa shape index (κ1) is 12.6. The molecule has 3 rings (SSSR count). The van der Waals surface area contributed by atoms with Crippen molar-refractivity contribution in [1.29, 1.82) is 0 Å². The summed E-state index contributed by atoms with van der Waals surface area (Å²) in [5.74, 6) is 0.655. The van der Waals surface area contributed by atoms with Crippen LogP contribution in [-0.4, -0.2) is 47.9 Å². The number of carbonyl (C=O) groups excluding carboxylic acids is 1. The number of ether oxygens (including phenoxy) is 1. The lowest BCUT2D eigenvalue weighted by Gasteiger charge is -2.35. The predicted octanol–water partition coefficient (Wildman–Crippen LogP) is 0.614. The van der Waals surface area contributed by atoms with Crippen molar-refractivity contribution in [3.8, 4) is 0 Å². The van der Waals surface area contributed by atoms with E-state index < -0.39 is 0 Å². The van der Waals surface area contributed by atoms with Crippen molar-refractivity contribution in [2.24, 2.45) is 0 Å². The minimum Gasteiger partial charge on any atom is -0.377 e. The first-order valence-corrected chi connectivity index (χ1v) is 6.76. The highest BCUT2D eigenvalue weighted by Crippen LogP contribution is 2.21. The van der Waals surface area contributed by atoms with Crippen LogP contribution in [0.3, 0.4) is 0 Å². The third kappa shape index (κ3) is 2.96. The molecule has 1 saturated heterocycles. The molecule has 0 bridgehead atoms. The van der Waals surface area contributed by atoms with Crippen LogP contribution in [0.2, 0.25) is 5.15 Å². The van der Waals surface area contributed by atoms with Gasteiger partial charge in [-0.3, -0.25) is 4.79 Å². The number of morpholine rings is 1. The fourth-order valence-electron chi connectivity index (χ4n) is 2.08. The SMILES string of the molecule is O=C(NC1CC1)C1COCCN1c1ccc(Cl)nn1. The maximum absolute atomic E-state index is 12.2. The van der Waals surface area contributed by atoms with Gasteiger partial charge in [-0.05, 0) is 25.0 Å². The lowest BCUT2D eigenvalue weighted by molar-refractivity contribution is -0.124. The Bertz CT molecular complexity index is 463. The van der Waals surface area contributed by atoms with E-state index in [1.54, 1.807) is 12.1 Å². The van der Waals surface area contributed by atoms with Crippen molar-refractivity contribution in [1.82, 2.24) is 15.5 Å². The number of aromatic nitrogens is 2. The summed E-state index contributed by atoms with van der Waals surface area (Å²) in [6, 6.07) is 3.45. The molecular formula is C12H15ClN4O2. The van der Waals surface area contributed by atoms with Gasteiger partial charge in [0.05, 0.1) is 13.2 Å². The van der Waals surface area contributed by atoms with Crippen LogP contribution >= 0.6 is 11.6 Å². The Balaban J connectivity index is 1.75. The van der Waals surface area contributed by atoms with Crippen LogP contribution in [0.1, 0.15) is 12.8 Å². The van der Waals surface area contributed by atoms with Crippen molar-refractivity contribution in [3.05, 3.63) is 17.3 Å². The molecule has 2 aliphatic rings. The van der Waals surface area contributed by atoms with Crippen molar-refractivity contribution < 1.29 is 9.53 Å². The smallest absolute Gasteiger partial charge is 0.245 e. The molecule has 0 spiro atoms. The van der Waals surface area contributed by atoms with E-state index in [-0.39, 0.29) is 11.9 Å². The van der Waals surface area contributed by atoms with Crippen molar-refractivity contribution in [3.63, 3.8) is 0 Å². The molecule has 1 aromatic rings. The lowest BCUT2D eigenvalue weighted by Crippen LogP contribution is -2.54. The number of nitrogens with one attached hydrogen (secondary N) is 1. The number of nitrogens with zero attached hydrogens (tertiary/aromatic N) is 3. The molecule has 7 heteroatoms. The molecule has 6 nitrogen and oxygen atoms in total. The van der Waals surface area contributed by atoms with E-state index in [9.17, 15) is 4.79 Å². The second-order valence-corrected chi connectivity index (χ2v) is 5.17. The molecule has 1 unspecified atom stereocenters. The fraction of sp³-hybridized carbons (Fsp3) is 0.583. The van der Waals surface area contributed by atoms with Gasteiger partial charge >= 0.3 is 0 Å². The van der Waals surface area contributed by atoms with Gasteiger partial charge < -0.3 is 15.0 Å². The number of carbonyl (C=O) groups is 1. The van der Waals surface area contributed by atoms with Crippen LogP contribution in [0, 0.1) is 0 Å². The third-order valence-corrected chi connectivity index (χ3v) is 3.47.